The number of aliphatic imine (C=N–C) groups is 1. The Labute approximate surface area is 138 Å². The summed E-state index contributed by atoms with van der Waals surface area (Å²) in [5.74, 6) is -1.15. The van der Waals surface area contributed by atoms with Gasteiger partial charge in [-0.15, -0.1) is 6.58 Å². The molecule has 21 heavy (non-hydrogen) atoms. The van der Waals surface area contributed by atoms with E-state index in [0.717, 1.165) is 25.7 Å². The van der Waals surface area contributed by atoms with Gasteiger partial charge in [0.2, 0.25) is 0 Å². The fraction of sp³-hybridized carbons (Fsp3) is 0.714. The van der Waals surface area contributed by atoms with Crippen LogP contribution >= 0.6 is 0 Å². The zero-order chi connectivity index (χ0) is 15.2. The first-order valence-corrected chi connectivity index (χ1v) is 6.96. The largest absolute Gasteiger partial charge is 1.00 e. The van der Waals surface area contributed by atoms with Gasteiger partial charge in [0.15, 0.2) is 0 Å². The van der Waals surface area contributed by atoms with E-state index in [0.29, 0.717) is 19.4 Å². The molecule has 0 saturated carbocycles. The first-order chi connectivity index (χ1) is 9.60. The maximum atomic E-state index is 11.5. The van der Waals surface area contributed by atoms with Crippen molar-refractivity contribution in [3.63, 3.8) is 0 Å². The molecule has 7 heteroatoms. The molecular formula is C14H25LiN2O4. The number of hydrogen-bond acceptors (Lipinski definition) is 5. The Morgan fingerprint density at radius 3 is 2.57 bits per heavy atom. The van der Waals surface area contributed by atoms with E-state index < -0.39 is 5.97 Å². The van der Waals surface area contributed by atoms with Crippen molar-refractivity contribution < 1.29 is 39.0 Å². The zero-order valence-corrected chi connectivity index (χ0v) is 13.0. The van der Waals surface area contributed by atoms with Gasteiger partial charge < -0.3 is 15.3 Å². The van der Waals surface area contributed by atoms with Crippen LogP contribution in [0.1, 0.15) is 38.5 Å². The monoisotopic (exact) mass is 292 g/mol. The normalized spacial score (nSPS) is 11.2. The standard InChI is InChI=1S/C14H26N2O4.Li/c1-2-3-4-5-6-8-13(18)15-12-16(9-7-10-17)11-14(19)20;/h2,17H,1,3-12H2,(H,15,18)(H,19,20);/q;+1/p-1. The summed E-state index contributed by atoms with van der Waals surface area (Å²) in [6.45, 7) is 3.95. The second-order valence-corrected chi connectivity index (χ2v) is 4.60. The molecule has 0 bridgehead atoms. The fourth-order valence-electron chi connectivity index (χ4n) is 1.68. The van der Waals surface area contributed by atoms with Crippen molar-refractivity contribution in [3.05, 3.63) is 12.7 Å². The van der Waals surface area contributed by atoms with E-state index in [1.54, 1.807) is 0 Å². The number of aliphatic hydroxyl groups excluding tert-OH is 1. The molecule has 6 nitrogen and oxygen atoms in total. The zero-order valence-electron chi connectivity index (χ0n) is 13.0. The van der Waals surface area contributed by atoms with E-state index in [2.05, 4.69) is 11.6 Å². The predicted molar refractivity (Wildman–Crippen MR) is 76.5 cm³/mol. The summed E-state index contributed by atoms with van der Waals surface area (Å²) in [4.78, 5) is 16.1. The number of aliphatic hydroxyl groups is 1. The SMILES string of the molecule is C=CCCCCCC([O-])=NCN(CCCO)CC(=O)O.[Li+]. The van der Waals surface area contributed by atoms with Crippen molar-refractivity contribution in [2.75, 3.05) is 26.4 Å². The van der Waals surface area contributed by atoms with Crippen LogP contribution in [0.5, 0.6) is 0 Å². The number of carbonyl (C=O) groups is 1. The Hall–Kier alpha value is -0.803. The Balaban J connectivity index is 0. The van der Waals surface area contributed by atoms with Gasteiger partial charge in [0.05, 0.1) is 13.2 Å². The van der Waals surface area contributed by atoms with E-state index in [4.69, 9.17) is 10.2 Å². The van der Waals surface area contributed by atoms with Crippen molar-refractivity contribution in [1.82, 2.24) is 4.90 Å². The second-order valence-electron chi connectivity index (χ2n) is 4.60. The molecule has 0 fully saturated rings. The first-order valence-electron chi connectivity index (χ1n) is 6.96. The van der Waals surface area contributed by atoms with Gasteiger partial charge >= 0.3 is 24.8 Å². The van der Waals surface area contributed by atoms with Crippen molar-refractivity contribution >= 4 is 11.9 Å². The number of hydrogen-bond donors (Lipinski definition) is 2. The molecule has 116 valence electrons. The topological polar surface area (TPSA) is 96.2 Å². The van der Waals surface area contributed by atoms with Gasteiger partial charge in [-0.2, -0.15) is 0 Å². The van der Waals surface area contributed by atoms with Gasteiger partial charge in [-0.3, -0.25) is 14.7 Å². The third-order valence-electron chi connectivity index (χ3n) is 2.74. The minimum atomic E-state index is -0.963. The quantitative estimate of drug-likeness (QED) is 0.130. The van der Waals surface area contributed by atoms with Crippen LogP contribution in [0.2, 0.25) is 0 Å². The molecular weight excluding hydrogens is 267 g/mol. The van der Waals surface area contributed by atoms with E-state index >= 15 is 0 Å². The number of nitrogens with zero attached hydrogens (tertiary/aromatic N) is 2. The van der Waals surface area contributed by atoms with Gasteiger partial charge in [-0.25, -0.2) is 0 Å². The Kier molecular flexibility index (Phi) is 16.7. The van der Waals surface area contributed by atoms with Gasteiger partial charge in [0.1, 0.15) is 0 Å². The van der Waals surface area contributed by atoms with Crippen LogP contribution in [0.25, 0.3) is 0 Å². The summed E-state index contributed by atoms with van der Waals surface area (Å²) in [5.41, 5.74) is 0. The third-order valence-corrected chi connectivity index (χ3v) is 2.74. The first kappa shape index (κ1) is 22.5. The van der Waals surface area contributed by atoms with Gasteiger partial charge in [0, 0.05) is 13.2 Å². The Bertz CT molecular complexity index is 311. The number of aliphatic carboxylic acids is 1. The van der Waals surface area contributed by atoms with Crippen molar-refractivity contribution in [2.24, 2.45) is 4.99 Å². The maximum Gasteiger partial charge on any atom is 1.00 e. The summed E-state index contributed by atoms with van der Waals surface area (Å²) in [7, 11) is 0. The van der Waals surface area contributed by atoms with E-state index in [9.17, 15) is 9.90 Å². The van der Waals surface area contributed by atoms with Crippen molar-refractivity contribution in [1.29, 1.82) is 0 Å². The minimum absolute atomic E-state index is 0. The summed E-state index contributed by atoms with van der Waals surface area (Å²) in [5, 5.41) is 29.0. The van der Waals surface area contributed by atoms with Crippen LogP contribution in [-0.4, -0.2) is 53.3 Å². The summed E-state index contributed by atoms with van der Waals surface area (Å²) in [6.07, 6.45) is 6.48. The molecule has 0 aromatic heterocycles. The number of carboxylic acids is 1. The molecule has 0 radical (unpaired) electrons. The number of rotatable bonds is 13. The molecule has 0 aliphatic rings. The number of allylic oxidation sites excluding steroid dienone is 1. The maximum absolute atomic E-state index is 11.5. The summed E-state index contributed by atoms with van der Waals surface area (Å²) < 4.78 is 0. The second kappa shape index (κ2) is 15.6. The molecule has 0 aromatic rings. The molecule has 0 rings (SSSR count). The van der Waals surface area contributed by atoms with Gasteiger partial charge in [-0.05, 0) is 38.0 Å². The average molecular weight is 292 g/mol. The smallest absolute Gasteiger partial charge is 0.862 e. The predicted octanol–water partition coefficient (Wildman–Crippen LogP) is -2.39. The van der Waals surface area contributed by atoms with Crippen LogP contribution in [0.3, 0.4) is 0 Å². The molecule has 0 unspecified atom stereocenters. The van der Waals surface area contributed by atoms with Crippen LogP contribution in [0.4, 0.5) is 0 Å². The molecule has 0 aliphatic heterocycles. The molecule has 0 saturated heterocycles. The fourth-order valence-corrected chi connectivity index (χ4v) is 1.68. The molecule has 2 N–H and O–H groups in total. The van der Waals surface area contributed by atoms with Crippen molar-refractivity contribution in [2.45, 2.75) is 38.5 Å². The minimum Gasteiger partial charge on any atom is -0.862 e. The van der Waals surface area contributed by atoms with Crippen LogP contribution < -0.4 is 24.0 Å². The summed E-state index contributed by atoms with van der Waals surface area (Å²) in [6, 6.07) is 0. The average Bonchev–Trinajstić information content (AvgIpc) is 2.41. The van der Waals surface area contributed by atoms with Gasteiger partial charge in [-0.1, -0.05) is 12.5 Å². The molecule has 0 aromatic carbocycles. The van der Waals surface area contributed by atoms with Gasteiger partial charge in [0.25, 0.3) is 0 Å². The summed E-state index contributed by atoms with van der Waals surface area (Å²) >= 11 is 0. The molecule has 0 spiro atoms. The number of carboxylic acid groups (broad SMARTS) is 1. The number of unbranched alkanes of at least 4 members (excludes halogenated alkanes) is 3. The van der Waals surface area contributed by atoms with E-state index in [1.807, 2.05) is 6.08 Å². The van der Waals surface area contributed by atoms with Crippen LogP contribution in [0, 0.1) is 0 Å². The van der Waals surface area contributed by atoms with E-state index in [-0.39, 0.29) is 44.6 Å². The van der Waals surface area contributed by atoms with Crippen LogP contribution in [-0.2, 0) is 4.79 Å². The Morgan fingerprint density at radius 1 is 1.29 bits per heavy atom. The molecule has 0 heterocycles. The van der Waals surface area contributed by atoms with E-state index in [1.165, 1.54) is 4.90 Å². The Morgan fingerprint density at radius 2 is 2.00 bits per heavy atom. The molecule has 0 atom stereocenters. The third kappa shape index (κ3) is 15.4. The molecule has 0 aliphatic carbocycles. The van der Waals surface area contributed by atoms with Crippen molar-refractivity contribution in [3.8, 4) is 0 Å². The molecule has 0 amide bonds. The van der Waals surface area contributed by atoms with Crippen LogP contribution in [0.15, 0.2) is 17.6 Å².